The number of likely N-dealkylation sites (tertiary alicyclic amines) is 1. The third kappa shape index (κ3) is 2.74. The molecular formula is C16H20N4O2. The van der Waals surface area contributed by atoms with Crippen LogP contribution >= 0.6 is 0 Å². The van der Waals surface area contributed by atoms with Gasteiger partial charge in [0.1, 0.15) is 17.7 Å². The molecule has 1 aromatic carbocycles. The van der Waals surface area contributed by atoms with Gasteiger partial charge >= 0.3 is 5.97 Å². The summed E-state index contributed by atoms with van der Waals surface area (Å²) >= 11 is 0. The van der Waals surface area contributed by atoms with Gasteiger partial charge in [0.05, 0.1) is 12.1 Å². The van der Waals surface area contributed by atoms with Gasteiger partial charge in [0, 0.05) is 5.39 Å². The van der Waals surface area contributed by atoms with Crippen molar-refractivity contribution in [2.75, 3.05) is 12.3 Å². The topological polar surface area (TPSA) is 92.3 Å². The number of fused-ring (bicyclic) bond motifs is 1. The first-order valence-corrected chi connectivity index (χ1v) is 7.54. The minimum Gasteiger partial charge on any atom is -0.480 e. The van der Waals surface area contributed by atoms with E-state index >= 15 is 0 Å². The molecule has 3 rings (SSSR count). The molecule has 2 aromatic rings. The summed E-state index contributed by atoms with van der Waals surface area (Å²) in [4.78, 5) is 22.4. The Morgan fingerprint density at radius 1 is 1.41 bits per heavy atom. The van der Waals surface area contributed by atoms with Gasteiger partial charge in [0.2, 0.25) is 0 Å². The molecule has 0 spiro atoms. The first kappa shape index (κ1) is 14.7. The third-order valence-electron chi connectivity index (χ3n) is 4.31. The zero-order valence-electron chi connectivity index (χ0n) is 12.6. The van der Waals surface area contributed by atoms with Gasteiger partial charge in [-0.25, -0.2) is 9.97 Å². The lowest BCUT2D eigenvalue weighted by molar-refractivity contribution is -0.147. The SMILES string of the molecule is C[C@@H]1CCCN(Cc2nc(N)c3ccccc3n2)[C@H]1C(=O)O. The van der Waals surface area contributed by atoms with Crippen molar-refractivity contribution in [1.82, 2.24) is 14.9 Å². The number of hydrogen-bond acceptors (Lipinski definition) is 5. The zero-order chi connectivity index (χ0) is 15.7. The lowest BCUT2D eigenvalue weighted by atomic mass is 9.91. The fraction of sp³-hybridized carbons (Fsp3) is 0.438. The van der Waals surface area contributed by atoms with Gasteiger partial charge in [-0.15, -0.1) is 0 Å². The lowest BCUT2D eigenvalue weighted by Crippen LogP contribution is -2.48. The van der Waals surface area contributed by atoms with Crippen LogP contribution in [0, 0.1) is 5.92 Å². The quantitative estimate of drug-likeness (QED) is 0.899. The van der Waals surface area contributed by atoms with E-state index in [9.17, 15) is 9.90 Å². The number of hydrogen-bond donors (Lipinski definition) is 2. The van der Waals surface area contributed by atoms with Gasteiger partial charge in [-0.05, 0) is 37.4 Å². The first-order chi connectivity index (χ1) is 10.6. The highest BCUT2D eigenvalue weighted by Gasteiger charge is 2.34. The van der Waals surface area contributed by atoms with Crippen molar-refractivity contribution in [3.63, 3.8) is 0 Å². The number of benzene rings is 1. The second-order valence-electron chi connectivity index (χ2n) is 5.92. The summed E-state index contributed by atoms with van der Waals surface area (Å²) in [5.74, 6) is 0.374. The molecule has 1 aliphatic heterocycles. The summed E-state index contributed by atoms with van der Waals surface area (Å²) in [6.45, 7) is 3.15. The zero-order valence-corrected chi connectivity index (χ0v) is 12.6. The number of aliphatic carboxylic acids is 1. The van der Waals surface area contributed by atoms with Gasteiger partial charge in [-0.3, -0.25) is 9.69 Å². The van der Waals surface area contributed by atoms with Crippen LogP contribution in [0.25, 0.3) is 10.9 Å². The molecule has 1 aromatic heterocycles. The highest BCUT2D eigenvalue weighted by molar-refractivity contribution is 5.87. The number of para-hydroxylation sites is 1. The number of nitrogens with two attached hydrogens (primary N) is 1. The molecule has 0 aliphatic carbocycles. The van der Waals surface area contributed by atoms with Crippen molar-refractivity contribution in [2.45, 2.75) is 32.4 Å². The Morgan fingerprint density at radius 2 is 2.18 bits per heavy atom. The maximum Gasteiger partial charge on any atom is 0.321 e. The molecule has 1 saturated heterocycles. The normalized spacial score (nSPS) is 22.8. The van der Waals surface area contributed by atoms with Crippen LogP contribution in [0.2, 0.25) is 0 Å². The standard InChI is InChI=1S/C16H20N4O2/c1-10-5-4-8-20(14(10)16(21)22)9-13-18-12-7-3-2-6-11(12)15(17)19-13/h2-3,6-7,10,14H,4-5,8-9H2,1H3,(H,21,22)(H2,17,18,19)/t10-,14-/m1/s1. The molecular weight excluding hydrogens is 280 g/mol. The van der Waals surface area contributed by atoms with E-state index in [0.717, 1.165) is 30.3 Å². The summed E-state index contributed by atoms with van der Waals surface area (Å²) in [7, 11) is 0. The molecule has 0 saturated carbocycles. The number of aromatic nitrogens is 2. The Labute approximate surface area is 129 Å². The number of rotatable bonds is 3. The lowest BCUT2D eigenvalue weighted by Gasteiger charge is -2.36. The second kappa shape index (κ2) is 5.88. The predicted octanol–water partition coefficient (Wildman–Crippen LogP) is 1.90. The Morgan fingerprint density at radius 3 is 2.95 bits per heavy atom. The van der Waals surface area contributed by atoms with Crippen molar-refractivity contribution in [1.29, 1.82) is 0 Å². The average molecular weight is 300 g/mol. The van der Waals surface area contributed by atoms with Crippen LogP contribution in [-0.4, -0.2) is 38.5 Å². The molecule has 2 heterocycles. The number of carboxylic acid groups (broad SMARTS) is 1. The molecule has 0 bridgehead atoms. The Balaban J connectivity index is 1.90. The summed E-state index contributed by atoms with van der Waals surface area (Å²) in [6, 6.07) is 7.10. The van der Waals surface area contributed by atoms with Crippen molar-refractivity contribution >= 4 is 22.7 Å². The maximum absolute atomic E-state index is 11.5. The number of anilines is 1. The van der Waals surface area contributed by atoms with Gasteiger partial charge in [0.25, 0.3) is 0 Å². The Bertz CT molecular complexity index is 704. The van der Waals surface area contributed by atoms with Crippen LogP contribution in [0.15, 0.2) is 24.3 Å². The van der Waals surface area contributed by atoms with Gasteiger partial charge in [0.15, 0.2) is 0 Å². The van der Waals surface area contributed by atoms with Crippen LogP contribution in [-0.2, 0) is 11.3 Å². The van der Waals surface area contributed by atoms with Crippen molar-refractivity contribution < 1.29 is 9.90 Å². The highest BCUT2D eigenvalue weighted by Crippen LogP contribution is 2.25. The maximum atomic E-state index is 11.5. The fourth-order valence-electron chi connectivity index (χ4n) is 3.25. The van der Waals surface area contributed by atoms with E-state index in [2.05, 4.69) is 9.97 Å². The van der Waals surface area contributed by atoms with Gasteiger partial charge in [-0.1, -0.05) is 19.1 Å². The molecule has 0 radical (unpaired) electrons. The molecule has 1 aliphatic rings. The molecule has 2 atom stereocenters. The second-order valence-corrected chi connectivity index (χ2v) is 5.92. The highest BCUT2D eigenvalue weighted by atomic mass is 16.4. The minimum atomic E-state index is -0.777. The van der Waals surface area contributed by atoms with Crippen molar-refractivity contribution in [3.8, 4) is 0 Å². The molecule has 1 fully saturated rings. The summed E-state index contributed by atoms with van der Waals surface area (Å²) in [5.41, 5.74) is 6.79. The minimum absolute atomic E-state index is 0.129. The molecule has 0 unspecified atom stereocenters. The predicted molar refractivity (Wildman–Crippen MR) is 84.2 cm³/mol. The summed E-state index contributed by atoms with van der Waals surface area (Å²) in [5, 5.41) is 10.3. The Hall–Kier alpha value is -2.21. The molecule has 116 valence electrons. The average Bonchev–Trinajstić information content (AvgIpc) is 2.47. The van der Waals surface area contributed by atoms with Crippen LogP contribution in [0.5, 0.6) is 0 Å². The van der Waals surface area contributed by atoms with Crippen LogP contribution in [0.4, 0.5) is 5.82 Å². The van der Waals surface area contributed by atoms with E-state index < -0.39 is 12.0 Å². The smallest absolute Gasteiger partial charge is 0.321 e. The van der Waals surface area contributed by atoms with Crippen LogP contribution in [0.1, 0.15) is 25.6 Å². The van der Waals surface area contributed by atoms with E-state index in [1.807, 2.05) is 36.1 Å². The Kier molecular flexibility index (Phi) is 3.94. The molecule has 3 N–H and O–H groups in total. The molecule has 6 nitrogen and oxygen atoms in total. The number of carbonyl (C=O) groups is 1. The van der Waals surface area contributed by atoms with Gasteiger partial charge in [-0.2, -0.15) is 0 Å². The van der Waals surface area contributed by atoms with Crippen molar-refractivity contribution in [2.24, 2.45) is 5.92 Å². The van der Waals surface area contributed by atoms with E-state index in [-0.39, 0.29) is 5.92 Å². The van der Waals surface area contributed by atoms with E-state index in [4.69, 9.17) is 5.73 Å². The van der Waals surface area contributed by atoms with Crippen molar-refractivity contribution in [3.05, 3.63) is 30.1 Å². The largest absolute Gasteiger partial charge is 0.480 e. The monoisotopic (exact) mass is 300 g/mol. The third-order valence-corrected chi connectivity index (χ3v) is 4.31. The first-order valence-electron chi connectivity index (χ1n) is 7.54. The van der Waals surface area contributed by atoms with Gasteiger partial charge < -0.3 is 10.8 Å². The molecule has 6 heteroatoms. The number of nitrogens with zero attached hydrogens (tertiary/aromatic N) is 3. The number of piperidine rings is 1. The van der Waals surface area contributed by atoms with E-state index in [1.165, 1.54) is 0 Å². The molecule has 0 amide bonds. The van der Waals surface area contributed by atoms with Crippen LogP contribution < -0.4 is 5.73 Å². The van der Waals surface area contributed by atoms with E-state index in [0.29, 0.717) is 18.2 Å². The summed E-state index contributed by atoms with van der Waals surface area (Å²) < 4.78 is 0. The van der Waals surface area contributed by atoms with Crippen LogP contribution in [0.3, 0.4) is 0 Å². The fourth-order valence-corrected chi connectivity index (χ4v) is 3.25. The molecule has 22 heavy (non-hydrogen) atoms. The van der Waals surface area contributed by atoms with E-state index in [1.54, 1.807) is 0 Å². The summed E-state index contributed by atoms with van der Waals surface area (Å²) in [6.07, 6.45) is 1.93. The number of nitrogen functional groups attached to an aromatic ring is 1. The number of carboxylic acids is 1.